The van der Waals surface area contributed by atoms with Crippen LogP contribution in [0.4, 0.5) is 13.2 Å². The molecule has 12 heteroatoms. The molecule has 0 atom stereocenters. The number of halogens is 3. The summed E-state index contributed by atoms with van der Waals surface area (Å²) < 4.78 is 86.3. The van der Waals surface area contributed by atoms with Gasteiger partial charge in [-0.1, -0.05) is 27.7 Å². The standard InChI is InChI=1S/C9H20F3N3O4S2/c1-5-13(6-2)15(20(16,17)9(10,11)12)21(18,19)14(7-3)8-4/h5-8H2,1-4H3. The maximum Gasteiger partial charge on any atom is 0.514 e. The average Bonchev–Trinajstić information content (AvgIpc) is 2.34. The van der Waals surface area contributed by atoms with Crippen LogP contribution in [-0.2, 0) is 20.2 Å². The fourth-order valence-electron chi connectivity index (χ4n) is 1.61. The summed E-state index contributed by atoms with van der Waals surface area (Å²) in [4.78, 5) is 0. The monoisotopic (exact) mass is 355 g/mol. The molecule has 0 aliphatic heterocycles. The second-order valence-corrected chi connectivity index (χ2v) is 7.61. The molecule has 0 aromatic carbocycles. The lowest BCUT2D eigenvalue weighted by molar-refractivity contribution is -0.0530. The van der Waals surface area contributed by atoms with Gasteiger partial charge in [-0.3, -0.25) is 0 Å². The molecule has 0 unspecified atom stereocenters. The van der Waals surface area contributed by atoms with E-state index in [1.807, 2.05) is 0 Å². The summed E-state index contributed by atoms with van der Waals surface area (Å²) in [6.45, 7) is 4.80. The van der Waals surface area contributed by atoms with Crippen molar-refractivity contribution in [3.63, 3.8) is 0 Å². The topological polar surface area (TPSA) is 78.0 Å². The summed E-state index contributed by atoms with van der Waals surface area (Å²) in [6, 6.07) is 0. The Morgan fingerprint density at radius 2 is 1.19 bits per heavy atom. The third-order valence-corrected chi connectivity index (χ3v) is 6.86. The first kappa shape index (κ1) is 20.6. The van der Waals surface area contributed by atoms with Crippen LogP contribution in [0.15, 0.2) is 0 Å². The SMILES string of the molecule is CCN(CC)N(S(=O)(=O)N(CC)CC)S(=O)(=O)C(F)(F)F. The zero-order valence-corrected chi connectivity index (χ0v) is 13.9. The molecular weight excluding hydrogens is 335 g/mol. The Balaban J connectivity index is 6.24. The molecule has 0 saturated heterocycles. The van der Waals surface area contributed by atoms with E-state index in [9.17, 15) is 30.0 Å². The van der Waals surface area contributed by atoms with E-state index in [2.05, 4.69) is 0 Å². The molecule has 0 spiro atoms. The van der Waals surface area contributed by atoms with Crippen molar-refractivity contribution in [1.82, 2.24) is 13.1 Å². The zero-order valence-electron chi connectivity index (χ0n) is 12.3. The van der Waals surface area contributed by atoms with Gasteiger partial charge in [-0.15, -0.1) is 0 Å². The number of hydrogen-bond acceptors (Lipinski definition) is 5. The molecule has 0 aliphatic rings. The molecule has 0 saturated carbocycles. The van der Waals surface area contributed by atoms with E-state index in [1.54, 1.807) is 0 Å². The normalized spacial score (nSPS) is 14.4. The van der Waals surface area contributed by atoms with Crippen LogP contribution in [0.2, 0.25) is 0 Å². The van der Waals surface area contributed by atoms with Crippen molar-refractivity contribution in [3.05, 3.63) is 0 Å². The molecule has 0 N–H and O–H groups in total. The molecule has 0 radical (unpaired) electrons. The lowest BCUT2D eigenvalue weighted by Gasteiger charge is -2.34. The highest BCUT2D eigenvalue weighted by atomic mass is 32.3. The van der Waals surface area contributed by atoms with E-state index in [4.69, 9.17) is 0 Å². The van der Waals surface area contributed by atoms with Crippen molar-refractivity contribution in [1.29, 1.82) is 0 Å². The molecule has 0 amide bonds. The number of alkyl halides is 3. The minimum Gasteiger partial charge on any atom is -0.213 e. The van der Waals surface area contributed by atoms with Crippen LogP contribution in [0.3, 0.4) is 0 Å². The first-order valence-electron chi connectivity index (χ1n) is 6.28. The van der Waals surface area contributed by atoms with Gasteiger partial charge in [-0.05, 0) is 3.82 Å². The van der Waals surface area contributed by atoms with E-state index >= 15 is 0 Å². The van der Waals surface area contributed by atoms with Crippen molar-refractivity contribution in [3.8, 4) is 0 Å². The lowest BCUT2D eigenvalue weighted by atomic mass is 10.6. The van der Waals surface area contributed by atoms with E-state index in [-0.39, 0.29) is 26.2 Å². The largest absolute Gasteiger partial charge is 0.514 e. The van der Waals surface area contributed by atoms with Crippen molar-refractivity contribution in [2.45, 2.75) is 33.2 Å². The second kappa shape index (κ2) is 7.22. The van der Waals surface area contributed by atoms with Crippen LogP contribution in [0.1, 0.15) is 27.7 Å². The molecular formula is C9H20F3N3O4S2. The highest BCUT2D eigenvalue weighted by molar-refractivity contribution is 8.03. The molecule has 21 heavy (non-hydrogen) atoms. The van der Waals surface area contributed by atoms with Gasteiger partial charge < -0.3 is 0 Å². The van der Waals surface area contributed by atoms with Crippen LogP contribution in [0.5, 0.6) is 0 Å². The van der Waals surface area contributed by atoms with E-state index < -0.39 is 29.6 Å². The summed E-state index contributed by atoms with van der Waals surface area (Å²) in [5, 5.41) is 0.608. The Labute approximate surface area is 123 Å². The van der Waals surface area contributed by atoms with Crippen molar-refractivity contribution in [2.24, 2.45) is 0 Å². The second-order valence-electron chi connectivity index (χ2n) is 3.86. The number of hydrazine groups is 1. The summed E-state index contributed by atoms with van der Waals surface area (Å²) >= 11 is 0. The van der Waals surface area contributed by atoms with Crippen LogP contribution in [-0.4, -0.2) is 61.7 Å². The van der Waals surface area contributed by atoms with Crippen molar-refractivity contribution in [2.75, 3.05) is 26.2 Å². The minimum absolute atomic E-state index is 0.149. The van der Waals surface area contributed by atoms with Crippen molar-refractivity contribution >= 4 is 20.2 Å². The molecule has 7 nitrogen and oxygen atoms in total. The molecule has 0 heterocycles. The highest BCUT2D eigenvalue weighted by Crippen LogP contribution is 2.31. The quantitative estimate of drug-likeness (QED) is 0.607. The van der Waals surface area contributed by atoms with Crippen molar-refractivity contribution < 1.29 is 30.0 Å². The Kier molecular flexibility index (Phi) is 7.07. The van der Waals surface area contributed by atoms with Gasteiger partial charge in [0.1, 0.15) is 0 Å². The van der Waals surface area contributed by atoms with Crippen LogP contribution < -0.4 is 0 Å². The Bertz CT molecular complexity index is 525. The first-order chi connectivity index (χ1) is 9.41. The van der Waals surface area contributed by atoms with E-state index in [1.165, 1.54) is 27.7 Å². The van der Waals surface area contributed by atoms with Gasteiger partial charge in [-0.25, -0.2) is 13.4 Å². The molecule has 128 valence electrons. The molecule has 0 bridgehead atoms. The van der Waals surface area contributed by atoms with Gasteiger partial charge in [-0.2, -0.15) is 25.9 Å². The summed E-state index contributed by atoms with van der Waals surface area (Å²) in [7, 11) is -10.9. The van der Waals surface area contributed by atoms with Gasteiger partial charge >= 0.3 is 25.7 Å². The van der Waals surface area contributed by atoms with Crippen LogP contribution in [0.25, 0.3) is 0 Å². The lowest BCUT2D eigenvalue weighted by Crippen LogP contribution is -2.57. The van der Waals surface area contributed by atoms with Gasteiger partial charge in [0.25, 0.3) is 0 Å². The molecule has 0 rings (SSSR count). The number of sulfonamides is 1. The molecule has 0 aliphatic carbocycles. The minimum atomic E-state index is -6.06. The highest BCUT2D eigenvalue weighted by Gasteiger charge is 2.57. The van der Waals surface area contributed by atoms with Crippen LogP contribution in [0, 0.1) is 0 Å². The predicted octanol–water partition coefficient (Wildman–Crippen LogP) is 0.981. The summed E-state index contributed by atoms with van der Waals surface area (Å²) in [5.74, 6) is 0. The van der Waals surface area contributed by atoms with Gasteiger partial charge in [0, 0.05) is 26.2 Å². The molecule has 0 aromatic heterocycles. The number of nitrogens with zero attached hydrogens (tertiary/aromatic N) is 3. The Hall–Kier alpha value is -0.430. The predicted molar refractivity (Wildman–Crippen MR) is 71.6 cm³/mol. The fourth-order valence-corrected chi connectivity index (χ4v) is 5.23. The summed E-state index contributed by atoms with van der Waals surface area (Å²) in [6.07, 6.45) is 0. The zero-order chi connectivity index (χ0) is 17.1. The van der Waals surface area contributed by atoms with E-state index in [0.29, 0.717) is 9.31 Å². The Morgan fingerprint density at radius 1 is 0.810 bits per heavy atom. The Morgan fingerprint density at radius 3 is 1.43 bits per heavy atom. The average molecular weight is 355 g/mol. The van der Waals surface area contributed by atoms with Gasteiger partial charge in [0.05, 0.1) is 0 Å². The van der Waals surface area contributed by atoms with Gasteiger partial charge in [0.15, 0.2) is 0 Å². The summed E-state index contributed by atoms with van der Waals surface area (Å²) in [5.41, 5.74) is -5.71. The molecule has 0 fully saturated rings. The first-order valence-corrected chi connectivity index (χ1v) is 9.12. The number of rotatable bonds is 8. The molecule has 0 aromatic rings. The maximum absolute atomic E-state index is 12.8. The smallest absolute Gasteiger partial charge is 0.213 e. The number of hydrogen-bond donors (Lipinski definition) is 0. The maximum atomic E-state index is 12.8. The van der Waals surface area contributed by atoms with Crippen LogP contribution >= 0.6 is 0 Å². The van der Waals surface area contributed by atoms with E-state index in [0.717, 1.165) is 0 Å². The third kappa shape index (κ3) is 4.06. The third-order valence-electron chi connectivity index (χ3n) is 2.69. The van der Waals surface area contributed by atoms with Gasteiger partial charge in [0.2, 0.25) is 0 Å². The fraction of sp³-hybridized carbons (Fsp3) is 1.00.